The number of benzene rings is 2. The van der Waals surface area contributed by atoms with Gasteiger partial charge >= 0.3 is 5.69 Å². The molecule has 1 aliphatic carbocycles. The molecule has 0 atom stereocenters. The van der Waals surface area contributed by atoms with Crippen molar-refractivity contribution in [3.05, 3.63) is 87.6 Å². The highest BCUT2D eigenvalue weighted by Gasteiger charge is 2.25. The minimum atomic E-state index is -0.430. The Morgan fingerprint density at radius 1 is 1.13 bits per heavy atom. The van der Waals surface area contributed by atoms with Gasteiger partial charge in [-0.2, -0.15) is 10.2 Å². The first-order valence-electron chi connectivity index (χ1n) is 9.59. The van der Waals surface area contributed by atoms with E-state index >= 15 is 0 Å². The van der Waals surface area contributed by atoms with E-state index in [4.69, 9.17) is 16.9 Å². The molecule has 2 heterocycles. The molecule has 0 aliphatic heterocycles. The van der Waals surface area contributed by atoms with Gasteiger partial charge in [-0.05, 0) is 60.7 Å². The normalized spacial score (nSPS) is 13.2. The summed E-state index contributed by atoms with van der Waals surface area (Å²) in [5, 5.41) is 13.5. The van der Waals surface area contributed by atoms with E-state index in [1.54, 1.807) is 29.0 Å². The van der Waals surface area contributed by atoms with Crippen LogP contribution in [0.1, 0.15) is 30.0 Å². The molecule has 0 bridgehead atoms. The molecule has 0 saturated heterocycles. The van der Waals surface area contributed by atoms with Crippen molar-refractivity contribution >= 4 is 34.0 Å². The van der Waals surface area contributed by atoms with E-state index in [9.17, 15) is 4.79 Å². The predicted molar refractivity (Wildman–Crippen MR) is 117 cm³/mol. The molecule has 7 heteroatoms. The molecule has 146 valence electrons. The van der Waals surface area contributed by atoms with Crippen LogP contribution in [0.4, 0.5) is 11.5 Å². The molecule has 1 aliphatic rings. The summed E-state index contributed by atoms with van der Waals surface area (Å²) < 4.78 is 1.56. The number of nitrogens with one attached hydrogen (secondary N) is 1. The lowest BCUT2D eigenvalue weighted by atomic mass is 10.1. The molecule has 0 spiro atoms. The number of halogens is 1. The van der Waals surface area contributed by atoms with Crippen molar-refractivity contribution in [3.63, 3.8) is 0 Å². The molecule has 0 unspecified atom stereocenters. The van der Waals surface area contributed by atoms with Gasteiger partial charge in [0.1, 0.15) is 17.6 Å². The van der Waals surface area contributed by atoms with Gasteiger partial charge in [0.25, 0.3) is 0 Å². The minimum absolute atomic E-state index is 0.282. The lowest BCUT2D eigenvalue weighted by Gasteiger charge is -2.16. The van der Waals surface area contributed by atoms with Crippen LogP contribution in [0.2, 0.25) is 5.02 Å². The summed E-state index contributed by atoms with van der Waals surface area (Å²) >= 11 is 6.41. The summed E-state index contributed by atoms with van der Waals surface area (Å²) in [5.74, 6) is 0.961. The number of para-hydroxylation sites is 1. The van der Waals surface area contributed by atoms with Gasteiger partial charge in [-0.25, -0.2) is 9.78 Å². The monoisotopic (exact) mass is 413 g/mol. The van der Waals surface area contributed by atoms with Crippen LogP contribution in [-0.4, -0.2) is 14.5 Å². The minimum Gasteiger partial charge on any atom is -0.339 e. The van der Waals surface area contributed by atoms with Crippen LogP contribution in [0.15, 0.2) is 65.6 Å². The number of fused-ring (bicyclic) bond motifs is 1. The van der Waals surface area contributed by atoms with Crippen LogP contribution in [0.25, 0.3) is 16.6 Å². The van der Waals surface area contributed by atoms with E-state index in [0.717, 1.165) is 23.7 Å². The van der Waals surface area contributed by atoms with Crippen molar-refractivity contribution in [3.8, 4) is 11.8 Å². The van der Waals surface area contributed by atoms with Crippen LogP contribution in [0, 0.1) is 11.3 Å². The molecule has 2 aromatic carbocycles. The van der Waals surface area contributed by atoms with Crippen LogP contribution in [0.3, 0.4) is 0 Å². The molecular weight excluding hydrogens is 398 g/mol. The van der Waals surface area contributed by atoms with Crippen molar-refractivity contribution in [1.29, 1.82) is 5.26 Å². The largest absolute Gasteiger partial charge is 0.354 e. The molecule has 1 saturated carbocycles. The van der Waals surface area contributed by atoms with Gasteiger partial charge in [0.15, 0.2) is 0 Å². The number of hydrogen-bond donors (Lipinski definition) is 1. The van der Waals surface area contributed by atoms with E-state index in [1.165, 1.54) is 5.56 Å². The van der Waals surface area contributed by atoms with E-state index < -0.39 is 5.69 Å². The first kappa shape index (κ1) is 18.3. The van der Waals surface area contributed by atoms with E-state index in [2.05, 4.69) is 27.4 Å². The SMILES string of the molecule is N#Cc1cc(Nc2nc(=O)n(-c3ccccc3Cl)c3cc(C4CC4)ccc23)ccn1. The highest BCUT2D eigenvalue weighted by atomic mass is 35.5. The van der Waals surface area contributed by atoms with Crippen LogP contribution >= 0.6 is 11.6 Å². The second kappa shape index (κ2) is 7.29. The Morgan fingerprint density at radius 2 is 1.97 bits per heavy atom. The Bertz CT molecular complexity index is 1380. The molecule has 6 nitrogen and oxygen atoms in total. The highest BCUT2D eigenvalue weighted by Crippen LogP contribution is 2.41. The Morgan fingerprint density at radius 3 is 2.73 bits per heavy atom. The molecule has 4 aromatic rings. The number of anilines is 2. The van der Waals surface area contributed by atoms with Crippen molar-refractivity contribution in [2.45, 2.75) is 18.8 Å². The third-order valence-corrected chi connectivity index (χ3v) is 5.52. The maximum atomic E-state index is 13.1. The molecule has 0 radical (unpaired) electrons. The average molecular weight is 414 g/mol. The van der Waals surface area contributed by atoms with E-state index in [-0.39, 0.29) is 5.69 Å². The van der Waals surface area contributed by atoms with Gasteiger partial charge in [0, 0.05) is 17.3 Å². The Labute approximate surface area is 177 Å². The molecule has 1 fully saturated rings. The summed E-state index contributed by atoms with van der Waals surface area (Å²) in [6.07, 6.45) is 3.86. The second-order valence-electron chi connectivity index (χ2n) is 7.25. The summed E-state index contributed by atoms with van der Waals surface area (Å²) in [4.78, 5) is 21.4. The third kappa shape index (κ3) is 3.30. The van der Waals surface area contributed by atoms with Crippen LogP contribution in [-0.2, 0) is 0 Å². The van der Waals surface area contributed by atoms with Crippen LogP contribution in [0.5, 0.6) is 0 Å². The number of hydrogen-bond acceptors (Lipinski definition) is 5. The summed E-state index contributed by atoms with van der Waals surface area (Å²) in [6, 6.07) is 18.7. The van der Waals surface area contributed by atoms with Crippen molar-refractivity contribution in [1.82, 2.24) is 14.5 Å². The summed E-state index contributed by atoms with van der Waals surface area (Å²) in [7, 11) is 0. The number of rotatable bonds is 4. The summed E-state index contributed by atoms with van der Waals surface area (Å²) in [6.45, 7) is 0. The van der Waals surface area contributed by atoms with Gasteiger partial charge in [-0.1, -0.05) is 29.8 Å². The second-order valence-corrected chi connectivity index (χ2v) is 7.65. The number of nitrogens with zero attached hydrogens (tertiary/aromatic N) is 4. The number of pyridine rings is 1. The molecule has 5 rings (SSSR count). The van der Waals surface area contributed by atoms with Gasteiger partial charge in [0.05, 0.1) is 16.2 Å². The maximum absolute atomic E-state index is 13.1. The third-order valence-electron chi connectivity index (χ3n) is 5.20. The first-order chi connectivity index (χ1) is 14.6. The van der Waals surface area contributed by atoms with Crippen molar-refractivity contribution in [2.24, 2.45) is 0 Å². The molecule has 30 heavy (non-hydrogen) atoms. The van der Waals surface area contributed by atoms with Gasteiger partial charge in [0.2, 0.25) is 0 Å². The Balaban J connectivity index is 1.74. The Hall–Kier alpha value is -3.69. The van der Waals surface area contributed by atoms with Crippen molar-refractivity contribution < 1.29 is 0 Å². The van der Waals surface area contributed by atoms with Gasteiger partial charge in [-0.3, -0.25) is 4.57 Å². The van der Waals surface area contributed by atoms with E-state index in [1.807, 2.05) is 30.3 Å². The lowest BCUT2D eigenvalue weighted by Crippen LogP contribution is -2.23. The fourth-order valence-corrected chi connectivity index (χ4v) is 3.80. The standard InChI is InChI=1S/C23H16ClN5O/c24-19-3-1-2-4-20(19)29-21-11-15(14-5-6-14)7-8-18(21)22(28-23(29)30)27-16-9-10-26-17(12-16)13-25/h1-4,7-12,14H,5-6H2,(H,26,27,28,30). The molecule has 1 N–H and O–H groups in total. The van der Waals surface area contributed by atoms with E-state index in [0.29, 0.717) is 28.1 Å². The smallest absolute Gasteiger partial charge is 0.339 e. The fraction of sp³-hybridized carbons (Fsp3) is 0.130. The zero-order valence-electron chi connectivity index (χ0n) is 15.8. The Kier molecular flexibility index (Phi) is 4.46. The number of aromatic nitrogens is 3. The molecular formula is C23H16ClN5O. The number of nitriles is 1. The lowest BCUT2D eigenvalue weighted by molar-refractivity contribution is 0.959. The van der Waals surface area contributed by atoms with Crippen molar-refractivity contribution in [2.75, 3.05) is 5.32 Å². The molecule has 0 amide bonds. The first-order valence-corrected chi connectivity index (χ1v) is 9.96. The summed E-state index contributed by atoms with van der Waals surface area (Å²) in [5.41, 5.74) is 3.03. The van der Waals surface area contributed by atoms with Gasteiger partial charge in [-0.15, -0.1) is 0 Å². The fourth-order valence-electron chi connectivity index (χ4n) is 3.58. The van der Waals surface area contributed by atoms with Crippen LogP contribution < -0.4 is 11.0 Å². The topological polar surface area (TPSA) is 83.6 Å². The van der Waals surface area contributed by atoms with Gasteiger partial charge < -0.3 is 5.32 Å². The highest BCUT2D eigenvalue weighted by molar-refractivity contribution is 6.32. The molecule has 2 aromatic heterocycles. The average Bonchev–Trinajstić information content (AvgIpc) is 3.60. The zero-order valence-corrected chi connectivity index (χ0v) is 16.6. The zero-order chi connectivity index (χ0) is 20.7. The quantitative estimate of drug-likeness (QED) is 0.513. The predicted octanol–water partition coefficient (Wildman–Crippen LogP) is 4.93. The maximum Gasteiger partial charge on any atom is 0.354 e.